The second-order valence-corrected chi connectivity index (χ2v) is 9.44. The van der Waals surface area contributed by atoms with Gasteiger partial charge in [0.05, 0.1) is 13.1 Å². The molecule has 2 amide bonds. The van der Waals surface area contributed by atoms with Crippen molar-refractivity contribution in [3.63, 3.8) is 0 Å². The van der Waals surface area contributed by atoms with Gasteiger partial charge in [-0.3, -0.25) is 14.6 Å². The maximum Gasteiger partial charge on any atom is 0.251 e. The van der Waals surface area contributed by atoms with Crippen molar-refractivity contribution in [3.05, 3.63) is 102 Å². The molecule has 0 radical (unpaired) electrons. The van der Waals surface area contributed by atoms with Crippen molar-refractivity contribution in [2.75, 3.05) is 11.4 Å². The average molecular weight is 499 g/mol. The summed E-state index contributed by atoms with van der Waals surface area (Å²) in [5.41, 5.74) is 3.64. The molecule has 4 aromatic rings. The van der Waals surface area contributed by atoms with E-state index < -0.39 is 0 Å². The molecule has 0 bridgehead atoms. The summed E-state index contributed by atoms with van der Waals surface area (Å²) in [5, 5.41) is 12.6. The van der Waals surface area contributed by atoms with Crippen LogP contribution in [0.5, 0.6) is 0 Å². The summed E-state index contributed by atoms with van der Waals surface area (Å²) < 4.78 is 2.05. The molecule has 9 heteroatoms. The second-order valence-electron chi connectivity index (χ2n) is 8.49. The number of benzene rings is 2. The molecular formula is C27H26N6O2S. The van der Waals surface area contributed by atoms with E-state index in [2.05, 4.69) is 32.6 Å². The molecule has 2 aromatic heterocycles. The molecule has 0 saturated carbocycles. The van der Waals surface area contributed by atoms with E-state index in [4.69, 9.17) is 0 Å². The molecule has 182 valence electrons. The van der Waals surface area contributed by atoms with E-state index in [-0.39, 0.29) is 18.4 Å². The van der Waals surface area contributed by atoms with E-state index in [0.29, 0.717) is 24.4 Å². The minimum Gasteiger partial charge on any atom is -0.345 e. The molecule has 1 aliphatic heterocycles. The topological polar surface area (TPSA) is 93.0 Å². The largest absolute Gasteiger partial charge is 0.345 e. The zero-order valence-electron chi connectivity index (χ0n) is 19.7. The smallest absolute Gasteiger partial charge is 0.251 e. The molecule has 2 aromatic carbocycles. The summed E-state index contributed by atoms with van der Waals surface area (Å²) in [7, 11) is 0. The minimum absolute atomic E-state index is 0.127. The van der Waals surface area contributed by atoms with Gasteiger partial charge in [-0.25, -0.2) is 0 Å². The standard InChI is InChI=1S/C27H26N6O2S/c34-25-7-4-16-32(25)23-10-8-22(9-11-23)26(35)29-17-24-30-31-27(36-19-21-12-14-28-15-13-21)33(24)18-20-5-2-1-3-6-20/h1-3,5-6,8-15H,4,7,16-19H2,(H,29,35). The molecule has 0 aliphatic carbocycles. The Morgan fingerprint density at radius 3 is 2.44 bits per heavy atom. The van der Waals surface area contributed by atoms with E-state index >= 15 is 0 Å². The van der Waals surface area contributed by atoms with Crippen molar-refractivity contribution in [2.45, 2.75) is 36.8 Å². The number of pyridine rings is 1. The van der Waals surface area contributed by atoms with Gasteiger partial charge in [0, 0.05) is 42.4 Å². The van der Waals surface area contributed by atoms with Crippen LogP contribution in [0.15, 0.2) is 84.3 Å². The quantitative estimate of drug-likeness (QED) is 0.350. The molecule has 1 fully saturated rings. The Balaban J connectivity index is 1.28. The highest BCUT2D eigenvalue weighted by Crippen LogP contribution is 2.24. The van der Waals surface area contributed by atoms with Crippen LogP contribution in [0.1, 0.15) is 40.2 Å². The van der Waals surface area contributed by atoms with Gasteiger partial charge in [0.15, 0.2) is 11.0 Å². The molecular weight excluding hydrogens is 472 g/mol. The number of nitrogens with zero attached hydrogens (tertiary/aromatic N) is 5. The first kappa shape index (κ1) is 23.7. The zero-order chi connectivity index (χ0) is 24.7. The van der Waals surface area contributed by atoms with E-state index in [9.17, 15) is 9.59 Å². The number of carbonyl (C=O) groups excluding carboxylic acids is 2. The van der Waals surface area contributed by atoms with Crippen LogP contribution < -0.4 is 10.2 Å². The van der Waals surface area contributed by atoms with Crippen molar-refractivity contribution >= 4 is 29.3 Å². The molecule has 36 heavy (non-hydrogen) atoms. The molecule has 1 N–H and O–H groups in total. The predicted molar refractivity (Wildman–Crippen MR) is 139 cm³/mol. The first-order valence-corrected chi connectivity index (χ1v) is 12.8. The number of nitrogens with one attached hydrogen (secondary N) is 1. The van der Waals surface area contributed by atoms with Gasteiger partial charge < -0.3 is 14.8 Å². The summed E-state index contributed by atoms with van der Waals surface area (Å²) in [6.45, 7) is 1.58. The highest BCUT2D eigenvalue weighted by atomic mass is 32.2. The number of aromatic nitrogens is 4. The number of rotatable bonds is 9. The monoisotopic (exact) mass is 498 g/mol. The lowest BCUT2D eigenvalue weighted by molar-refractivity contribution is -0.117. The fraction of sp³-hybridized carbons (Fsp3) is 0.222. The first-order chi connectivity index (χ1) is 17.7. The van der Waals surface area contributed by atoms with Crippen LogP contribution in [0.25, 0.3) is 0 Å². The fourth-order valence-electron chi connectivity index (χ4n) is 4.08. The number of hydrogen-bond donors (Lipinski definition) is 1. The van der Waals surface area contributed by atoms with Gasteiger partial charge in [-0.15, -0.1) is 10.2 Å². The molecule has 0 unspecified atom stereocenters. The highest BCUT2D eigenvalue weighted by Gasteiger charge is 2.22. The molecule has 0 atom stereocenters. The van der Waals surface area contributed by atoms with E-state index in [1.54, 1.807) is 41.2 Å². The van der Waals surface area contributed by atoms with Crippen molar-refractivity contribution in [1.29, 1.82) is 0 Å². The van der Waals surface area contributed by atoms with E-state index in [0.717, 1.165) is 40.7 Å². The van der Waals surface area contributed by atoms with Gasteiger partial charge in [0.2, 0.25) is 5.91 Å². The summed E-state index contributed by atoms with van der Waals surface area (Å²) in [6, 6.07) is 21.2. The Kier molecular flexibility index (Phi) is 7.37. The van der Waals surface area contributed by atoms with Gasteiger partial charge >= 0.3 is 0 Å². The molecule has 8 nitrogen and oxygen atoms in total. The second kappa shape index (κ2) is 11.2. The van der Waals surface area contributed by atoms with Gasteiger partial charge in [-0.2, -0.15) is 0 Å². The van der Waals surface area contributed by atoms with Crippen molar-refractivity contribution < 1.29 is 9.59 Å². The third-order valence-corrected chi connectivity index (χ3v) is 7.05. The minimum atomic E-state index is -0.199. The van der Waals surface area contributed by atoms with Gasteiger partial charge in [0.1, 0.15) is 0 Å². The third kappa shape index (κ3) is 5.63. The fourth-order valence-corrected chi connectivity index (χ4v) is 5.00. The summed E-state index contributed by atoms with van der Waals surface area (Å²) >= 11 is 1.60. The van der Waals surface area contributed by atoms with Crippen LogP contribution in [0.4, 0.5) is 5.69 Å². The predicted octanol–water partition coefficient (Wildman–Crippen LogP) is 4.07. The van der Waals surface area contributed by atoms with E-state index in [1.807, 2.05) is 47.0 Å². The normalized spacial score (nSPS) is 13.2. The molecule has 3 heterocycles. The van der Waals surface area contributed by atoms with Crippen LogP contribution >= 0.6 is 11.8 Å². The highest BCUT2D eigenvalue weighted by molar-refractivity contribution is 7.98. The van der Waals surface area contributed by atoms with Crippen molar-refractivity contribution in [1.82, 2.24) is 25.1 Å². The van der Waals surface area contributed by atoms with Gasteiger partial charge in [0.25, 0.3) is 5.91 Å². The van der Waals surface area contributed by atoms with Crippen molar-refractivity contribution in [3.8, 4) is 0 Å². The molecule has 1 saturated heterocycles. The summed E-state index contributed by atoms with van der Waals surface area (Å²) in [6.07, 6.45) is 5.00. The Labute approximate surface area is 213 Å². The maximum atomic E-state index is 12.8. The maximum absolute atomic E-state index is 12.8. The van der Waals surface area contributed by atoms with Crippen molar-refractivity contribution in [2.24, 2.45) is 0 Å². The number of anilines is 1. The van der Waals surface area contributed by atoms with Crippen LogP contribution in [0.2, 0.25) is 0 Å². The van der Waals surface area contributed by atoms with Crippen LogP contribution in [0, 0.1) is 0 Å². The summed E-state index contributed by atoms with van der Waals surface area (Å²) in [4.78, 5) is 30.6. The molecule has 1 aliphatic rings. The number of carbonyl (C=O) groups is 2. The summed E-state index contributed by atoms with van der Waals surface area (Å²) in [5.74, 6) is 1.36. The third-order valence-electron chi connectivity index (χ3n) is 6.02. The van der Waals surface area contributed by atoms with Gasteiger partial charge in [-0.05, 0) is 53.9 Å². The number of amides is 2. The van der Waals surface area contributed by atoms with Crippen LogP contribution in [-0.2, 0) is 23.6 Å². The Bertz CT molecular complexity index is 1330. The van der Waals surface area contributed by atoms with Crippen LogP contribution in [0.3, 0.4) is 0 Å². The Hall–Kier alpha value is -3.98. The van der Waals surface area contributed by atoms with E-state index in [1.165, 1.54) is 0 Å². The zero-order valence-corrected chi connectivity index (χ0v) is 20.5. The SMILES string of the molecule is O=C(NCc1nnc(SCc2ccncc2)n1Cc1ccccc1)c1ccc(N2CCCC2=O)cc1. The molecule has 0 spiro atoms. The lowest BCUT2D eigenvalue weighted by Crippen LogP contribution is -2.26. The van der Waals surface area contributed by atoms with Gasteiger partial charge in [-0.1, -0.05) is 42.1 Å². The average Bonchev–Trinajstić information content (AvgIpc) is 3.53. The van der Waals surface area contributed by atoms with Crippen LogP contribution in [-0.4, -0.2) is 38.1 Å². The Morgan fingerprint density at radius 1 is 0.944 bits per heavy atom. The lowest BCUT2D eigenvalue weighted by Gasteiger charge is -2.16. The lowest BCUT2D eigenvalue weighted by atomic mass is 10.2. The number of hydrogen-bond acceptors (Lipinski definition) is 6. The Morgan fingerprint density at radius 2 is 1.72 bits per heavy atom. The number of thioether (sulfide) groups is 1. The first-order valence-electron chi connectivity index (χ1n) is 11.8. The molecule has 5 rings (SSSR count).